The smallest absolute Gasteiger partial charge is 0.338 e. The van der Waals surface area contributed by atoms with Crippen LogP contribution in [0.3, 0.4) is 0 Å². The van der Waals surface area contributed by atoms with Gasteiger partial charge in [0.05, 0.1) is 24.0 Å². The first kappa shape index (κ1) is 16.4. The summed E-state index contributed by atoms with van der Waals surface area (Å²) >= 11 is 0. The van der Waals surface area contributed by atoms with Crippen molar-refractivity contribution in [2.24, 2.45) is 5.73 Å². The van der Waals surface area contributed by atoms with Crippen molar-refractivity contribution in [1.82, 2.24) is 0 Å². The van der Waals surface area contributed by atoms with Gasteiger partial charge in [0.25, 0.3) is 0 Å². The number of hydrogen-bond donors (Lipinski definition) is 1. The van der Waals surface area contributed by atoms with E-state index >= 15 is 0 Å². The molecule has 1 aromatic carbocycles. The van der Waals surface area contributed by atoms with Crippen LogP contribution in [-0.2, 0) is 20.9 Å². The van der Waals surface area contributed by atoms with Gasteiger partial charge in [0.2, 0.25) is 5.88 Å². The van der Waals surface area contributed by atoms with E-state index in [4.69, 9.17) is 19.6 Å². The van der Waals surface area contributed by atoms with Gasteiger partial charge in [-0.15, -0.1) is 0 Å². The molecule has 6 nitrogen and oxygen atoms in total. The molecule has 0 saturated carbocycles. The van der Waals surface area contributed by atoms with Gasteiger partial charge in [-0.3, -0.25) is 0 Å². The van der Waals surface area contributed by atoms with Crippen LogP contribution in [0.1, 0.15) is 24.0 Å². The summed E-state index contributed by atoms with van der Waals surface area (Å²) in [6.45, 7) is 1.74. The first-order valence-electron chi connectivity index (χ1n) is 7.63. The molecule has 2 N–H and O–H groups in total. The molecule has 6 heteroatoms. The lowest BCUT2D eigenvalue weighted by molar-refractivity contribution is -0.140. The number of esters is 1. The van der Waals surface area contributed by atoms with Crippen LogP contribution in [-0.4, -0.2) is 5.97 Å². The van der Waals surface area contributed by atoms with Gasteiger partial charge in [-0.05, 0) is 18.6 Å². The Labute approximate surface area is 144 Å². The topological polar surface area (TPSA) is 98.5 Å². The Bertz CT molecular complexity index is 874. The molecule has 0 saturated heterocycles. The molecule has 0 bridgehead atoms. The van der Waals surface area contributed by atoms with Gasteiger partial charge in [0.15, 0.2) is 0 Å². The van der Waals surface area contributed by atoms with Crippen LogP contribution < -0.4 is 5.73 Å². The Morgan fingerprint density at radius 2 is 2.08 bits per heavy atom. The fraction of sp³-hybridized carbons (Fsp3) is 0.158. The molecule has 0 fully saturated rings. The monoisotopic (exact) mass is 336 g/mol. The highest BCUT2D eigenvalue weighted by molar-refractivity contribution is 5.92. The number of ether oxygens (including phenoxy) is 2. The zero-order valence-corrected chi connectivity index (χ0v) is 13.6. The molecule has 0 spiro atoms. The number of allylic oxidation sites excluding steroid dienone is 2. The molecule has 1 atom stereocenters. The SMILES string of the molecule is CC1=C(C(=O)OCc2ccccc2)[C@H](c2ccoc2)C(C#N)=C(N)O1. The minimum Gasteiger partial charge on any atom is -0.472 e. The number of carbonyl (C=O) groups is 1. The van der Waals surface area contributed by atoms with Crippen LogP contribution in [0.4, 0.5) is 0 Å². The number of furan rings is 1. The zero-order valence-electron chi connectivity index (χ0n) is 13.6. The summed E-state index contributed by atoms with van der Waals surface area (Å²) in [6, 6.07) is 13.0. The largest absolute Gasteiger partial charge is 0.472 e. The summed E-state index contributed by atoms with van der Waals surface area (Å²) in [6.07, 6.45) is 2.94. The van der Waals surface area contributed by atoms with Gasteiger partial charge >= 0.3 is 5.97 Å². The number of carbonyl (C=O) groups excluding carboxylic acids is 1. The summed E-state index contributed by atoms with van der Waals surface area (Å²) in [5.74, 6) is -0.958. The van der Waals surface area contributed by atoms with Crippen LogP contribution in [0, 0.1) is 11.3 Å². The minimum atomic E-state index is -0.680. The third-order valence-corrected chi connectivity index (χ3v) is 3.91. The highest BCUT2D eigenvalue weighted by Gasteiger charge is 2.36. The Morgan fingerprint density at radius 3 is 2.72 bits per heavy atom. The Kier molecular flexibility index (Phi) is 4.57. The second-order valence-corrected chi connectivity index (χ2v) is 5.51. The summed E-state index contributed by atoms with van der Waals surface area (Å²) in [4.78, 5) is 12.7. The van der Waals surface area contributed by atoms with Crippen LogP contribution in [0.2, 0.25) is 0 Å². The Morgan fingerprint density at radius 1 is 1.32 bits per heavy atom. The minimum absolute atomic E-state index is 0.0224. The number of nitriles is 1. The number of nitrogens with zero attached hydrogens (tertiary/aromatic N) is 1. The predicted octanol–water partition coefficient (Wildman–Crippen LogP) is 3.10. The second kappa shape index (κ2) is 6.97. The lowest BCUT2D eigenvalue weighted by Gasteiger charge is -2.25. The number of nitrogens with two attached hydrogens (primary N) is 1. The van der Waals surface area contributed by atoms with E-state index in [2.05, 4.69) is 0 Å². The molecule has 0 amide bonds. The lowest BCUT2D eigenvalue weighted by atomic mass is 9.84. The predicted molar refractivity (Wildman–Crippen MR) is 88.3 cm³/mol. The van der Waals surface area contributed by atoms with Crippen molar-refractivity contribution in [3.63, 3.8) is 0 Å². The van der Waals surface area contributed by atoms with Gasteiger partial charge in [-0.1, -0.05) is 30.3 Å². The molecule has 2 aromatic rings. The first-order chi connectivity index (χ1) is 12.1. The molecule has 1 aromatic heterocycles. The molecule has 2 heterocycles. The highest BCUT2D eigenvalue weighted by Crippen LogP contribution is 2.39. The van der Waals surface area contributed by atoms with E-state index in [1.54, 1.807) is 13.0 Å². The zero-order chi connectivity index (χ0) is 17.8. The van der Waals surface area contributed by atoms with E-state index in [9.17, 15) is 10.1 Å². The van der Waals surface area contributed by atoms with Gasteiger partial charge in [-0.2, -0.15) is 5.26 Å². The maximum atomic E-state index is 12.7. The summed E-state index contributed by atoms with van der Waals surface area (Å²) in [5.41, 5.74) is 7.71. The van der Waals surface area contributed by atoms with Gasteiger partial charge in [-0.25, -0.2) is 4.79 Å². The third-order valence-electron chi connectivity index (χ3n) is 3.91. The summed E-state index contributed by atoms with van der Waals surface area (Å²) in [7, 11) is 0. The number of hydrogen-bond acceptors (Lipinski definition) is 6. The maximum Gasteiger partial charge on any atom is 0.338 e. The quantitative estimate of drug-likeness (QED) is 0.861. The molecule has 0 unspecified atom stereocenters. The molecule has 1 aliphatic heterocycles. The number of benzene rings is 1. The average Bonchev–Trinajstić information content (AvgIpc) is 3.14. The standard InChI is InChI=1S/C19H16N2O4/c1-12-16(19(22)24-10-13-5-3-2-4-6-13)17(14-7-8-23-11-14)15(9-20)18(21)25-12/h2-8,11,17H,10,21H2,1H3/t17-/m1/s1. The van der Waals surface area contributed by atoms with Crippen molar-refractivity contribution in [2.45, 2.75) is 19.4 Å². The molecular weight excluding hydrogens is 320 g/mol. The van der Waals surface area contributed by atoms with E-state index in [0.717, 1.165) is 5.56 Å². The molecule has 25 heavy (non-hydrogen) atoms. The maximum absolute atomic E-state index is 12.7. The van der Waals surface area contributed by atoms with Crippen LogP contribution in [0.5, 0.6) is 0 Å². The normalized spacial score (nSPS) is 17.0. The first-order valence-corrected chi connectivity index (χ1v) is 7.63. The van der Waals surface area contributed by atoms with Crippen LogP contribution in [0.25, 0.3) is 0 Å². The van der Waals surface area contributed by atoms with Crippen molar-refractivity contribution in [3.05, 3.63) is 82.8 Å². The van der Waals surface area contributed by atoms with Crippen molar-refractivity contribution < 1.29 is 18.7 Å². The number of rotatable bonds is 4. The molecular formula is C19H16N2O4. The molecule has 126 valence electrons. The fourth-order valence-electron chi connectivity index (χ4n) is 2.72. The fourth-order valence-corrected chi connectivity index (χ4v) is 2.72. The van der Waals surface area contributed by atoms with Crippen LogP contribution >= 0.6 is 0 Å². The van der Waals surface area contributed by atoms with E-state index in [1.165, 1.54) is 12.5 Å². The molecule has 0 aliphatic carbocycles. The van der Waals surface area contributed by atoms with Crippen molar-refractivity contribution in [2.75, 3.05) is 0 Å². The average molecular weight is 336 g/mol. The van der Waals surface area contributed by atoms with E-state index in [0.29, 0.717) is 11.3 Å². The van der Waals surface area contributed by atoms with E-state index in [1.807, 2.05) is 36.4 Å². The van der Waals surface area contributed by atoms with E-state index < -0.39 is 11.9 Å². The molecule has 3 rings (SSSR count). The van der Waals surface area contributed by atoms with E-state index in [-0.39, 0.29) is 23.6 Å². The molecule has 0 radical (unpaired) electrons. The van der Waals surface area contributed by atoms with Crippen molar-refractivity contribution >= 4 is 5.97 Å². The Balaban J connectivity index is 1.90. The van der Waals surface area contributed by atoms with Crippen molar-refractivity contribution in [1.29, 1.82) is 5.26 Å². The van der Waals surface area contributed by atoms with Crippen molar-refractivity contribution in [3.8, 4) is 6.07 Å². The van der Waals surface area contributed by atoms with Gasteiger partial charge < -0.3 is 19.6 Å². The Hall–Kier alpha value is -3.46. The summed E-state index contributed by atoms with van der Waals surface area (Å²) < 4.78 is 15.9. The lowest BCUT2D eigenvalue weighted by Crippen LogP contribution is -2.25. The second-order valence-electron chi connectivity index (χ2n) is 5.51. The molecule has 1 aliphatic rings. The van der Waals surface area contributed by atoms with Gasteiger partial charge in [0.1, 0.15) is 24.0 Å². The third kappa shape index (κ3) is 3.26. The summed E-state index contributed by atoms with van der Waals surface area (Å²) in [5, 5.41) is 9.45. The highest BCUT2D eigenvalue weighted by atomic mass is 16.5. The van der Waals surface area contributed by atoms with Gasteiger partial charge in [0, 0.05) is 5.56 Å². The van der Waals surface area contributed by atoms with Crippen LogP contribution in [0.15, 0.2) is 76.1 Å².